The fourth-order valence-electron chi connectivity index (χ4n) is 2.93. The van der Waals surface area contributed by atoms with Crippen LogP contribution in [0.5, 0.6) is 5.75 Å². The molecule has 0 spiro atoms. The van der Waals surface area contributed by atoms with E-state index in [0.29, 0.717) is 23.6 Å². The summed E-state index contributed by atoms with van der Waals surface area (Å²) in [5, 5.41) is 0. The molecule has 0 bridgehead atoms. The first-order chi connectivity index (χ1) is 12.1. The highest BCUT2D eigenvalue weighted by molar-refractivity contribution is 5.99. The van der Waals surface area contributed by atoms with E-state index in [0.717, 1.165) is 11.3 Å². The number of ether oxygens (including phenoxy) is 3. The molecule has 1 aliphatic heterocycles. The van der Waals surface area contributed by atoms with Gasteiger partial charge in [0.05, 0.1) is 31.6 Å². The number of amides is 1. The molecule has 0 saturated carbocycles. The Bertz CT molecular complexity index is 812. The van der Waals surface area contributed by atoms with Crippen molar-refractivity contribution in [2.24, 2.45) is 0 Å². The summed E-state index contributed by atoms with van der Waals surface area (Å²) in [7, 11) is 1.55. The number of hydrogen-bond acceptors (Lipinski definition) is 5. The van der Waals surface area contributed by atoms with Gasteiger partial charge in [0.1, 0.15) is 18.1 Å². The smallest absolute Gasteiger partial charge is 0.415 e. The third-order valence-electron chi connectivity index (χ3n) is 3.95. The zero-order chi connectivity index (χ0) is 18.0. The Morgan fingerprint density at radius 2 is 1.92 bits per heavy atom. The van der Waals surface area contributed by atoms with Crippen LogP contribution in [0, 0.1) is 0 Å². The van der Waals surface area contributed by atoms with Crippen molar-refractivity contribution in [3.05, 3.63) is 36.0 Å². The molecule has 25 heavy (non-hydrogen) atoms. The molecule has 3 rings (SSSR count). The van der Waals surface area contributed by atoms with Crippen LogP contribution in [0.2, 0.25) is 0 Å². The van der Waals surface area contributed by atoms with Crippen LogP contribution in [0.25, 0.3) is 11.3 Å². The number of methoxy groups -OCH3 is 1. The molecule has 1 aromatic heterocycles. The molecule has 0 fully saturated rings. The molecule has 0 aliphatic carbocycles. The maximum Gasteiger partial charge on any atom is 0.415 e. The molecular weight excluding hydrogens is 324 g/mol. The first-order valence-corrected chi connectivity index (χ1v) is 8.09. The molecule has 7 heteroatoms. The predicted molar refractivity (Wildman–Crippen MR) is 91.9 cm³/mol. The Balaban J connectivity index is 2.12. The molecule has 0 radical (unpaired) electrons. The standard InChI is InChI=1S/C18H20N2O5/c1-4-24-17(21)12-9-14-13-7-6-8-15(23-3)16(13)20(11-19(14)10-12)18(22)25-5-2/h6-10H,4-5,11H2,1-3H3. The Morgan fingerprint density at radius 1 is 1.16 bits per heavy atom. The van der Waals surface area contributed by atoms with Crippen LogP contribution >= 0.6 is 0 Å². The second kappa shape index (κ2) is 6.88. The Morgan fingerprint density at radius 3 is 2.60 bits per heavy atom. The number of carbonyl (C=O) groups is 2. The second-order valence-corrected chi connectivity index (χ2v) is 5.43. The zero-order valence-electron chi connectivity index (χ0n) is 14.4. The summed E-state index contributed by atoms with van der Waals surface area (Å²) in [6, 6.07) is 7.27. The average molecular weight is 344 g/mol. The summed E-state index contributed by atoms with van der Waals surface area (Å²) in [5.41, 5.74) is 2.67. The van der Waals surface area contributed by atoms with Crippen molar-refractivity contribution in [2.75, 3.05) is 25.2 Å². The summed E-state index contributed by atoms with van der Waals surface area (Å²) in [4.78, 5) is 26.0. The first-order valence-electron chi connectivity index (χ1n) is 8.09. The van der Waals surface area contributed by atoms with Crippen molar-refractivity contribution in [1.29, 1.82) is 0 Å². The molecule has 1 amide bonds. The number of aromatic nitrogens is 1. The molecule has 2 heterocycles. The summed E-state index contributed by atoms with van der Waals surface area (Å²) in [6.07, 6.45) is 1.22. The van der Waals surface area contributed by atoms with Crippen molar-refractivity contribution in [2.45, 2.75) is 20.5 Å². The van der Waals surface area contributed by atoms with E-state index in [2.05, 4.69) is 0 Å². The Hall–Kier alpha value is -2.96. The summed E-state index contributed by atoms with van der Waals surface area (Å²) >= 11 is 0. The molecule has 0 N–H and O–H groups in total. The molecule has 0 saturated heterocycles. The van der Waals surface area contributed by atoms with E-state index >= 15 is 0 Å². The minimum atomic E-state index is -0.467. The van der Waals surface area contributed by atoms with E-state index in [-0.39, 0.29) is 13.3 Å². The van der Waals surface area contributed by atoms with Crippen LogP contribution in [0.1, 0.15) is 24.2 Å². The third-order valence-corrected chi connectivity index (χ3v) is 3.95. The number of fused-ring (bicyclic) bond motifs is 3. The lowest BCUT2D eigenvalue weighted by Gasteiger charge is -2.31. The number of anilines is 1. The largest absolute Gasteiger partial charge is 0.495 e. The lowest BCUT2D eigenvalue weighted by Crippen LogP contribution is -2.36. The van der Waals surface area contributed by atoms with Gasteiger partial charge in [0.2, 0.25) is 0 Å². The van der Waals surface area contributed by atoms with E-state index in [4.69, 9.17) is 14.2 Å². The maximum absolute atomic E-state index is 12.4. The SMILES string of the molecule is CCOC(=O)c1cc2n(c1)CN(C(=O)OCC)c1c(OC)cccc1-2. The van der Waals surface area contributed by atoms with Crippen molar-refractivity contribution in [3.63, 3.8) is 0 Å². The van der Waals surface area contributed by atoms with Crippen LogP contribution in [-0.4, -0.2) is 37.0 Å². The highest BCUT2D eigenvalue weighted by Crippen LogP contribution is 2.43. The van der Waals surface area contributed by atoms with Gasteiger partial charge < -0.3 is 18.8 Å². The molecule has 2 aromatic rings. The van der Waals surface area contributed by atoms with Gasteiger partial charge in [0, 0.05) is 11.8 Å². The predicted octanol–water partition coefficient (Wildman–Crippen LogP) is 3.27. The normalized spacial score (nSPS) is 12.2. The Kier molecular flexibility index (Phi) is 4.65. The van der Waals surface area contributed by atoms with Gasteiger partial charge in [0.15, 0.2) is 0 Å². The first kappa shape index (κ1) is 16.9. The summed E-state index contributed by atoms with van der Waals surface area (Å²) in [5.74, 6) is 0.173. The number of nitrogens with zero attached hydrogens (tertiary/aromatic N) is 2. The monoisotopic (exact) mass is 344 g/mol. The van der Waals surface area contributed by atoms with Crippen LogP contribution in [-0.2, 0) is 16.1 Å². The molecule has 0 atom stereocenters. The molecule has 7 nitrogen and oxygen atoms in total. The summed E-state index contributed by atoms with van der Waals surface area (Å²) in [6.45, 7) is 4.31. The fourth-order valence-corrected chi connectivity index (χ4v) is 2.93. The van der Waals surface area contributed by atoms with Crippen molar-refractivity contribution in [3.8, 4) is 17.0 Å². The minimum Gasteiger partial charge on any atom is -0.495 e. The number of carbonyl (C=O) groups excluding carboxylic acids is 2. The van der Waals surface area contributed by atoms with Gasteiger partial charge in [0.25, 0.3) is 0 Å². The number of para-hydroxylation sites is 1. The van der Waals surface area contributed by atoms with Gasteiger partial charge >= 0.3 is 12.1 Å². The molecule has 1 aromatic carbocycles. The van der Waals surface area contributed by atoms with E-state index in [1.807, 2.05) is 16.7 Å². The van der Waals surface area contributed by atoms with Gasteiger partial charge in [-0.2, -0.15) is 0 Å². The number of rotatable bonds is 4. The van der Waals surface area contributed by atoms with Crippen LogP contribution in [0.3, 0.4) is 0 Å². The van der Waals surface area contributed by atoms with Crippen LogP contribution < -0.4 is 9.64 Å². The number of esters is 1. The lowest BCUT2D eigenvalue weighted by molar-refractivity contribution is 0.0526. The minimum absolute atomic E-state index is 0.223. The molecule has 0 unspecified atom stereocenters. The third kappa shape index (κ3) is 2.93. The van der Waals surface area contributed by atoms with Gasteiger partial charge in [-0.3, -0.25) is 4.90 Å². The van der Waals surface area contributed by atoms with Gasteiger partial charge in [-0.25, -0.2) is 9.59 Å². The van der Waals surface area contributed by atoms with Gasteiger partial charge in [-0.1, -0.05) is 12.1 Å². The van der Waals surface area contributed by atoms with E-state index in [1.165, 1.54) is 4.90 Å². The van der Waals surface area contributed by atoms with E-state index < -0.39 is 12.1 Å². The van der Waals surface area contributed by atoms with Crippen LogP contribution in [0.15, 0.2) is 30.5 Å². The van der Waals surface area contributed by atoms with Crippen LogP contribution in [0.4, 0.5) is 10.5 Å². The fraction of sp³-hybridized carbons (Fsp3) is 0.333. The van der Waals surface area contributed by atoms with Crippen molar-refractivity contribution >= 4 is 17.7 Å². The quantitative estimate of drug-likeness (QED) is 0.796. The number of hydrogen-bond donors (Lipinski definition) is 0. The van der Waals surface area contributed by atoms with E-state index in [9.17, 15) is 9.59 Å². The maximum atomic E-state index is 12.4. The van der Waals surface area contributed by atoms with Crippen molar-refractivity contribution < 1.29 is 23.8 Å². The highest BCUT2D eigenvalue weighted by atomic mass is 16.6. The highest BCUT2D eigenvalue weighted by Gasteiger charge is 2.31. The summed E-state index contributed by atoms with van der Waals surface area (Å²) < 4.78 is 17.5. The lowest BCUT2D eigenvalue weighted by atomic mass is 10.1. The molecule has 132 valence electrons. The average Bonchev–Trinajstić information content (AvgIpc) is 3.05. The van der Waals surface area contributed by atoms with Crippen molar-refractivity contribution in [1.82, 2.24) is 4.57 Å². The molecule has 1 aliphatic rings. The van der Waals surface area contributed by atoms with E-state index in [1.54, 1.807) is 39.3 Å². The number of benzene rings is 1. The zero-order valence-corrected chi connectivity index (χ0v) is 14.4. The van der Waals surface area contributed by atoms with Gasteiger partial charge in [-0.15, -0.1) is 0 Å². The molecular formula is C18H20N2O5. The van der Waals surface area contributed by atoms with Gasteiger partial charge in [-0.05, 0) is 26.0 Å². The second-order valence-electron chi connectivity index (χ2n) is 5.43. The topological polar surface area (TPSA) is 70.0 Å². The Labute approximate surface area is 145 Å².